The molecular weight excluding hydrogens is 306 g/mol. The molecule has 4 heteroatoms. The normalized spacial score (nSPS) is 15.6. The van der Waals surface area contributed by atoms with Gasteiger partial charge in [-0.05, 0) is 44.9 Å². The Bertz CT molecular complexity index is 419. The molecule has 0 aliphatic carbocycles. The van der Waals surface area contributed by atoms with E-state index in [0.29, 0.717) is 6.61 Å². The van der Waals surface area contributed by atoms with E-state index in [1.165, 1.54) is 0 Å². The highest BCUT2D eigenvalue weighted by Crippen LogP contribution is 2.25. The van der Waals surface area contributed by atoms with Crippen LogP contribution in [0.1, 0.15) is 39.7 Å². The number of hydrogen-bond donors (Lipinski definition) is 1. The average Bonchev–Trinajstić information content (AvgIpc) is 2.39. The second-order valence-corrected chi connectivity index (χ2v) is 5.72. The first-order chi connectivity index (χ1) is 8.93. The van der Waals surface area contributed by atoms with Gasteiger partial charge < -0.3 is 4.74 Å². The van der Waals surface area contributed by atoms with Gasteiger partial charge in [0.1, 0.15) is 5.54 Å². The van der Waals surface area contributed by atoms with E-state index in [2.05, 4.69) is 35.1 Å². The number of rotatable bonds is 6. The van der Waals surface area contributed by atoms with Crippen LogP contribution in [-0.2, 0) is 15.1 Å². The molecule has 106 valence electrons. The fourth-order valence-electron chi connectivity index (χ4n) is 1.91. The molecule has 0 fully saturated rings. The first-order valence-electron chi connectivity index (χ1n) is 6.65. The fourth-order valence-corrected chi connectivity index (χ4v) is 2.18. The lowest BCUT2D eigenvalue weighted by Gasteiger charge is -2.32. The Hall–Kier alpha value is -0.870. The predicted molar refractivity (Wildman–Crippen MR) is 81.0 cm³/mol. The third-order valence-electron chi connectivity index (χ3n) is 3.25. The van der Waals surface area contributed by atoms with Gasteiger partial charge in [-0.15, -0.1) is 0 Å². The molecule has 0 radical (unpaired) electrons. The SMILES string of the molecule is CCOC(=O)C(C)(NC(C)CC)c1ccc(Br)cc1. The summed E-state index contributed by atoms with van der Waals surface area (Å²) in [6, 6.07) is 7.99. The van der Waals surface area contributed by atoms with E-state index in [-0.39, 0.29) is 12.0 Å². The molecule has 0 aliphatic heterocycles. The van der Waals surface area contributed by atoms with E-state index < -0.39 is 5.54 Å². The van der Waals surface area contributed by atoms with Gasteiger partial charge in [-0.25, -0.2) is 4.79 Å². The van der Waals surface area contributed by atoms with E-state index in [1.54, 1.807) is 0 Å². The molecule has 0 spiro atoms. The number of halogens is 1. The van der Waals surface area contributed by atoms with Crippen molar-refractivity contribution in [2.24, 2.45) is 0 Å². The number of ether oxygens (including phenoxy) is 1. The number of carbonyl (C=O) groups is 1. The van der Waals surface area contributed by atoms with Crippen molar-refractivity contribution in [3.63, 3.8) is 0 Å². The van der Waals surface area contributed by atoms with Crippen molar-refractivity contribution in [2.45, 2.75) is 45.7 Å². The van der Waals surface area contributed by atoms with Crippen molar-refractivity contribution in [3.8, 4) is 0 Å². The molecule has 2 atom stereocenters. The third-order valence-corrected chi connectivity index (χ3v) is 3.78. The summed E-state index contributed by atoms with van der Waals surface area (Å²) < 4.78 is 6.22. The molecule has 1 N–H and O–H groups in total. The second-order valence-electron chi connectivity index (χ2n) is 4.81. The van der Waals surface area contributed by atoms with Crippen LogP contribution >= 0.6 is 15.9 Å². The molecule has 1 aromatic carbocycles. The predicted octanol–water partition coefficient (Wildman–Crippen LogP) is 3.62. The Balaban J connectivity index is 3.10. The van der Waals surface area contributed by atoms with E-state index in [1.807, 2.05) is 38.1 Å². The maximum Gasteiger partial charge on any atom is 0.330 e. The zero-order valence-electron chi connectivity index (χ0n) is 12.0. The standard InChI is InChI=1S/C15H22BrNO2/c1-5-11(3)17-15(4,14(18)19-6-2)12-7-9-13(16)10-8-12/h7-11,17H,5-6H2,1-4H3. The Morgan fingerprint density at radius 2 is 1.95 bits per heavy atom. The van der Waals surface area contributed by atoms with Crippen LogP contribution in [0.2, 0.25) is 0 Å². The summed E-state index contributed by atoms with van der Waals surface area (Å²) in [4.78, 5) is 12.3. The molecule has 1 aromatic rings. The number of nitrogens with one attached hydrogen (secondary N) is 1. The van der Waals surface area contributed by atoms with Crippen molar-refractivity contribution in [1.29, 1.82) is 0 Å². The van der Waals surface area contributed by atoms with Gasteiger partial charge in [-0.2, -0.15) is 0 Å². The highest BCUT2D eigenvalue weighted by atomic mass is 79.9. The van der Waals surface area contributed by atoms with E-state index in [0.717, 1.165) is 16.5 Å². The van der Waals surface area contributed by atoms with E-state index in [4.69, 9.17) is 4.74 Å². The van der Waals surface area contributed by atoms with Crippen LogP contribution < -0.4 is 5.32 Å². The van der Waals surface area contributed by atoms with Crippen LogP contribution in [0.3, 0.4) is 0 Å². The minimum absolute atomic E-state index is 0.234. The van der Waals surface area contributed by atoms with E-state index in [9.17, 15) is 4.79 Å². The molecule has 0 bridgehead atoms. The lowest BCUT2D eigenvalue weighted by atomic mass is 9.91. The topological polar surface area (TPSA) is 38.3 Å². The zero-order valence-corrected chi connectivity index (χ0v) is 13.6. The number of benzene rings is 1. The van der Waals surface area contributed by atoms with Gasteiger partial charge in [0.15, 0.2) is 0 Å². The number of esters is 1. The molecule has 0 heterocycles. The first-order valence-corrected chi connectivity index (χ1v) is 7.44. The minimum Gasteiger partial charge on any atom is -0.464 e. The molecule has 0 amide bonds. The van der Waals surface area contributed by atoms with Crippen LogP contribution in [0.5, 0.6) is 0 Å². The Kier molecular flexibility index (Phi) is 6.01. The Morgan fingerprint density at radius 1 is 1.37 bits per heavy atom. The van der Waals surface area contributed by atoms with Crippen molar-refractivity contribution in [3.05, 3.63) is 34.3 Å². The second kappa shape index (κ2) is 7.06. The summed E-state index contributed by atoms with van der Waals surface area (Å²) in [5.74, 6) is -0.238. The van der Waals surface area contributed by atoms with Crippen LogP contribution in [0.25, 0.3) is 0 Å². The fraction of sp³-hybridized carbons (Fsp3) is 0.533. The van der Waals surface area contributed by atoms with Gasteiger partial charge in [-0.3, -0.25) is 5.32 Å². The third kappa shape index (κ3) is 4.05. The smallest absolute Gasteiger partial charge is 0.330 e. The quantitative estimate of drug-likeness (QED) is 0.811. The van der Waals surface area contributed by atoms with Crippen molar-refractivity contribution in [2.75, 3.05) is 6.61 Å². The first kappa shape index (κ1) is 16.2. The Morgan fingerprint density at radius 3 is 2.42 bits per heavy atom. The molecule has 0 saturated heterocycles. The molecule has 1 rings (SSSR count). The Labute approximate surface area is 123 Å². The summed E-state index contributed by atoms with van der Waals surface area (Å²) in [6.07, 6.45) is 0.950. The summed E-state index contributed by atoms with van der Waals surface area (Å²) in [7, 11) is 0. The average molecular weight is 328 g/mol. The summed E-state index contributed by atoms with van der Waals surface area (Å²) in [5.41, 5.74) is 0.0982. The lowest BCUT2D eigenvalue weighted by Crippen LogP contribution is -2.51. The highest BCUT2D eigenvalue weighted by Gasteiger charge is 2.37. The van der Waals surface area contributed by atoms with Gasteiger partial charge in [0.2, 0.25) is 0 Å². The molecule has 0 saturated carbocycles. The van der Waals surface area contributed by atoms with Crippen LogP contribution in [0.15, 0.2) is 28.7 Å². The van der Waals surface area contributed by atoms with Gasteiger partial charge in [0.05, 0.1) is 6.61 Å². The van der Waals surface area contributed by atoms with Crippen molar-refractivity contribution < 1.29 is 9.53 Å². The van der Waals surface area contributed by atoms with E-state index >= 15 is 0 Å². The van der Waals surface area contributed by atoms with Gasteiger partial charge in [0, 0.05) is 10.5 Å². The zero-order chi connectivity index (χ0) is 14.5. The molecule has 2 unspecified atom stereocenters. The van der Waals surface area contributed by atoms with Gasteiger partial charge in [0.25, 0.3) is 0 Å². The largest absolute Gasteiger partial charge is 0.464 e. The number of carbonyl (C=O) groups excluding carboxylic acids is 1. The summed E-state index contributed by atoms with van der Waals surface area (Å²) >= 11 is 3.41. The maximum atomic E-state index is 12.3. The maximum absolute atomic E-state index is 12.3. The lowest BCUT2D eigenvalue weighted by molar-refractivity contribution is -0.151. The van der Waals surface area contributed by atoms with Crippen LogP contribution in [0, 0.1) is 0 Å². The van der Waals surface area contributed by atoms with Crippen molar-refractivity contribution >= 4 is 21.9 Å². The molecule has 0 aliphatic rings. The van der Waals surface area contributed by atoms with Gasteiger partial charge >= 0.3 is 5.97 Å². The van der Waals surface area contributed by atoms with Crippen LogP contribution in [-0.4, -0.2) is 18.6 Å². The summed E-state index contributed by atoms with van der Waals surface area (Å²) in [5, 5.41) is 3.37. The number of hydrogen-bond acceptors (Lipinski definition) is 3. The minimum atomic E-state index is -0.813. The monoisotopic (exact) mass is 327 g/mol. The highest BCUT2D eigenvalue weighted by molar-refractivity contribution is 9.10. The summed E-state index contributed by atoms with van der Waals surface area (Å²) in [6.45, 7) is 8.23. The molecule has 3 nitrogen and oxygen atoms in total. The van der Waals surface area contributed by atoms with Crippen molar-refractivity contribution in [1.82, 2.24) is 5.32 Å². The van der Waals surface area contributed by atoms with Crippen LogP contribution in [0.4, 0.5) is 0 Å². The van der Waals surface area contributed by atoms with Gasteiger partial charge in [-0.1, -0.05) is 35.0 Å². The molecule has 0 aromatic heterocycles. The molecular formula is C15H22BrNO2. The molecule has 19 heavy (non-hydrogen) atoms.